The summed E-state index contributed by atoms with van der Waals surface area (Å²) in [7, 11) is -4.55. The predicted molar refractivity (Wildman–Crippen MR) is 278 cm³/mol. The Morgan fingerprint density at radius 2 is 0.864 bits per heavy atom. The molecule has 0 rings (SSSR count). The van der Waals surface area contributed by atoms with E-state index < -0.39 is 45.8 Å². The third-order valence-corrected chi connectivity index (χ3v) is 11.4. The minimum absolute atomic E-state index is 0.0168. The van der Waals surface area contributed by atoms with Crippen molar-refractivity contribution in [3.63, 3.8) is 0 Å². The Hall–Kier alpha value is -2.88. The third-order valence-electron chi connectivity index (χ3n) is 10.4. The van der Waals surface area contributed by atoms with Crippen LogP contribution >= 0.6 is 7.82 Å². The summed E-state index contributed by atoms with van der Waals surface area (Å²) < 4.78 is 33.5. The van der Waals surface area contributed by atoms with Crippen LogP contribution in [0.3, 0.4) is 0 Å². The molecule has 0 spiro atoms. The van der Waals surface area contributed by atoms with E-state index in [1.807, 2.05) is 0 Å². The number of ether oxygens (including phenoxy) is 2. The van der Waals surface area contributed by atoms with Gasteiger partial charge in [0.05, 0.1) is 26.4 Å². The molecule has 3 atom stereocenters. The van der Waals surface area contributed by atoms with Crippen molar-refractivity contribution in [3.8, 4) is 0 Å². The Kier molecular flexibility index (Phi) is 49.3. The molecule has 0 saturated heterocycles. The highest BCUT2D eigenvalue weighted by Crippen LogP contribution is 2.43. The molecule has 0 aliphatic heterocycles. The van der Waals surface area contributed by atoms with E-state index in [-0.39, 0.29) is 13.0 Å². The lowest BCUT2D eigenvalue weighted by molar-refractivity contribution is -0.154. The summed E-state index contributed by atoms with van der Waals surface area (Å²) in [6, 6.07) is 0. The fraction of sp³-hybridized carbons (Fsp3) is 0.661. The van der Waals surface area contributed by atoms with Crippen molar-refractivity contribution in [1.29, 1.82) is 0 Å². The standard InChI is InChI=1S/C56H95O9P/c1-3-5-7-9-11-13-15-17-19-21-23-25-27-28-30-32-34-36-38-40-42-44-46-48-56(59)65-55(53-64-66(60,61)63-51-54(58)50-57)52-62-49-47-45-43-41-39-37-35-33-31-29-26-24-22-20-18-16-14-12-10-8-6-4-2/h5,7,11,13,16-19,22-25,28,30,34,36,40,42,54-55,57-58H,3-4,6,8-10,12,14-15,20-21,26-27,29,31-33,35,37-39,41,43-53H2,1-2H3,(H,60,61)/b7-5-,13-11-,18-16-,19-17-,24-22-,25-23-,30-28-,36-34-,42-40-. The molecule has 0 aromatic carbocycles. The number of allylic oxidation sites excluding steroid dienone is 18. The van der Waals surface area contributed by atoms with Gasteiger partial charge in [0.1, 0.15) is 12.2 Å². The van der Waals surface area contributed by atoms with Crippen LogP contribution in [0.25, 0.3) is 0 Å². The molecule has 9 nitrogen and oxygen atoms in total. The summed E-state index contributed by atoms with van der Waals surface area (Å²) in [4.78, 5) is 22.7. The van der Waals surface area contributed by atoms with Gasteiger partial charge in [0.25, 0.3) is 0 Å². The summed E-state index contributed by atoms with van der Waals surface area (Å²) >= 11 is 0. The number of carbonyl (C=O) groups excluding carboxylic acids is 1. The molecule has 0 aromatic rings. The Morgan fingerprint density at radius 1 is 0.485 bits per heavy atom. The van der Waals surface area contributed by atoms with Gasteiger partial charge in [-0.2, -0.15) is 0 Å². The highest BCUT2D eigenvalue weighted by atomic mass is 31.2. The first kappa shape index (κ1) is 63.1. The van der Waals surface area contributed by atoms with Gasteiger partial charge in [-0.3, -0.25) is 13.8 Å². The molecule has 0 aliphatic carbocycles. The summed E-state index contributed by atoms with van der Waals surface area (Å²) in [6.45, 7) is 3.30. The summed E-state index contributed by atoms with van der Waals surface area (Å²) in [5.74, 6) is -0.444. The monoisotopic (exact) mass is 943 g/mol. The number of hydrogen-bond donors (Lipinski definition) is 3. The minimum atomic E-state index is -4.55. The Labute approximate surface area is 403 Å². The molecule has 0 radical (unpaired) electrons. The Balaban J connectivity index is 4.22. The van der Waals surface area contributed by atoms with Crippen LogP contribution in [0.4, 0.5) is 0 Å². The molecule has 0 amide bonds. The van der Waals surface area contributed by atoms with Crippen molar-refractivity contribution in [2.45, 2.75) is 206 Å². The number of unbranched alkanes of at least 4 members (excludes halogenated alkanes) is 16. The lowest BCUT2D eigenvalue weighted by atomic mass is 10.1. The lowest BCUT2D eigenvalue weighted by Crippen LogP contribution is -2.29. The van der Waals surface area contributed by atoms with Gasteiger partial charge in [-0.05, 0) is 96.3 Å². The van der Waals surface area contributed by atoms with Crippen molar-refractivity contribution in [2.24, 2.45) is 0 Å². The number of esters is 1. The average molecular weight is 943 g/mol. The number of phosphoric acid groups is 1. The van der Waals surface area contributed by atoms with Crippen LogP contribution in [0.1, 0.15) is 194 Å². The second-order valence-corrected chi connectivity index (χ2v) is 18.3. The molecule has 0 fully saturated rings. The van der Waals surface area contributed by atoms with Crippen LogP contribution < -0.4 is 0 Å². The number of phosphoric ester groups is 1. The van der Waals surface area contributed by atoms with E-state index >= 15 is 0 Å². The van der Waals surface area contributed by atoms with Gasteiger partial charge in [-0.15, -0.1) is 0 Å². The van der Waals surface area contributed by atoms with E-state index in [0.29, 0.717) is 13.0 Å². The van der Waals surface area contributed by atoms with E-state index in [2.05, 4.69) is 123 Å². The van der Waals surface area contributed by atoms with Crippen LogP contribution in [-0.2, 0) is 27.9 Å². The smallest absolute Gasteiger partial charge is 0.457 e. The highest BCUT2D eigenvalue weighted by molar-refractivity contribution is 7.47. The van der Waals surface area contributed by atoms with E-state index in [1.54, 1.807) is 0 Å². The highest BCUT2D eigenvalue weighted by Gasteiger charge is 2.26. The summed E-state index contributed by atoms with van der Waals surface area (Å²) in [6.07, 6.45) is 67.8. The number of aliphatic hydroxyl groups excluding tert-OH is 2. The number of carbonyl (C=O) groups is 1. The lowest BCUT2D eigenvalue weighted by Gasteiger charge is -2.20. The third kappa shape index (κ3) is 50.5. The first-order valence-electron chi connectivity index (χ1n) is 25.9. The van der Waals surface area contributed by atoms with Gasteiger partial charge in [-0.1, -0.05) is 200 Å². The second-order valence-electron chi connectivity index (χ2n) is 16.8. The maximum absolute atomic E-state index is 12.7. The Bertz CT molecular complexity index is 1390. The van der Waals surface area contributed by atoms with Crippen LogP contribution in [0.2, 0.25) is 0 Å². The predicted octanol–water partition coefficient (Wildman–Crippen LogP) is 15.4. The zero-order chi connectivity index (χ0) is 48.1. The van der Waals surface area contributed by atoms with Gasteiger partial charge in [-0.25, -0.2) is 4.57 Å². The van der Waals surface area contributed by atoms with Crippen molar-refractivity contribution in [3.05, 3.63) is 109 Å². The summed E-state index contributed by atoms with van der Waals surface area (Å²) in [5, 5.41) is 18.4. The fourth-order valence-corrected chi connectivity index (χ4v) is 7.34. The molecule has 378 valence electrons. The molecule has 0 bridgehead atoms. The fourth-order valence-electron chi connectivity index (χ4n) is 6.55. The van der Waals surface area contributed by atoms with Gasteiger partial charge in [0.15, 0.2) is 0 Å². The number of aliphatic hydroxyl groups is 2. The molecule has 66 heavy (non-hydrogen) atoms. The van der Waals surface area contributed by atoms with Gasteiger partial charge < -0.3 is 24.6 Å². The molecule has 0 aliphatic rings. The molecule has 0 aromatic heterocycles. The van der Waals surface area contributed by atoms with Crippen molar-refractivity contribution in [1.82, 2.24) is 0 Å². The number of rotatable bonds is 48. The van der Waals surface area contributed by atoms with Gasteiger partial charge >= 0.3 is 13.8 Å². The maximum atomic E-state index is 12.7. The average Bonchev–Trinajstić information content (AvgIpc) is 3.31. The molecule has 3 N–H and O–H groups in total. The quantitative estimate of drug-likeness (QED) is 0.0236. The van der Waals surface area contributed by atoms with E-state index in [4.69, 9.17) is 23.6 Å². The van der Waals surface area contributed by atoms with Crippen LogP contribution in [0, 0.1) is 0 Å². The van der Waals surface area contributed by atoms with Crippen molar-refractivity contribution < 1.29 is 43.0 Å². The molecule has 10 heteroatoms. The van der Waals surface area contributed by atoms with Gasteiger partial charge in [0, 0.05) is 13.0 Å². The number of hydrogen-bond acceptors (Lipinski definition) is 8. The van der Waals surface area contributed by atoms with Crippen molar-refractivity contribution in [2.75, 3.05) is 33.0 Å². The Morgan fingerprint density at radius 3 is 1.30 bits per heavy atom. The minimum Gasteiger partial charge on any atom is -0.457 e. The molecular formula is C56H95O9P. The molecule has 0 heterocycles. The largest absolute Gasteiger partial charge is 0.472 e. The van der Waals surface area contributed by atoms with Crippen LogP contribution in [0.5, 0.6) is 0 Å². The zero-order valence-electron chi connectivity index (χ0n) is 41.6. The molecule has 0 saturated carbocycles. The van der Waals surface area contributed by atoms with Gasteiger partial charge in [0.2, 0.25) is 0 Å². The normalized spacial score (nSPS) is 14.7. The van der Waals surface area contributed by atoms with E-state index in [1.165, 1.54) is 89.9 Å². The first-order chi connectivity index (χ1) is 32.3. The van der Waals surface area contributed by atoms with Crippen LogP contribution in [-0.4, -0.2) is 66.3 Å². The summed E-state index contributed by atoms with van der Waals surface area (Å²) in [5.41, 5.74) is 0. The van der Waals surface area contributed by atoms with E-state index in [0.717, 1.165) is 77.0 Å². The first-order valence-corrected chi connectivity index (χ1v) is 27.4. The SMILES string of the molecule is CC/C=C\C/C=C\C/C=C\C/C=C\C/C=C\C/C=C\C/C=C\CCCC(=O)OC(COCCCCCCCCCCCC/C=C\C/C=C\CCCCCCC)COP(=O)(O)OCC(O)CO. The molecular weight excluding hydrogens is 848 g/mol. The van der Waals surface area contributed by atoms with Crippen molar-refractivity contribution >= 4 is 13.8 Å². The maximum Gasteiger partial charge on any atom is 0.472 e. The molecule has 3 unspecified atom stereocenters. The second kappa shape index (κ2) is 51.5. The topological polar surface area (TPSA) is 132 Å². The van der Waals surface area contributed by atoms with Crippen LogP contribution in [0.15, 0.2) is 109 Å². The zero-order valence-corrected chi connectivity index (χ0v) is 42.5. The van der Waals surface area contributed by atoms with E-state index in [9.17, 15) is 19.4 Å².